The summed E-state index contributed by atoms with van der Waals surface area (Å²) in [5, 5.41) is 0. The quantitative estimate of drug-likeness (QED) is 0.670. The van der Waals surface area contributed by atoms with Gasteiger partial charge in [0.25, 0.3) is 0 Å². The van der Waals surface area contributed by atoms with Crippen molar-refractivity contribution in [3.8, 4) is 5.75 Å². The van der Waals surface area contributed by atoms with Crippen molar-refractivity contribution in [3.63, 3.8) is 0 Å². The van der Waals surface area contributed by atoms with Gasteiger partial charge in [0, 0.05) is 39.3 Å². The number of piperidine rings is 1. The van der Waals surface area contributed by atoms with Gasteiger partial charge >= 0.3 is 0 Å². The predicted molar refractivity (Wildman–Crippen MR) is 129 cm³/mol. The molecule has 2 aliphatic rings. The highest BCUT2D eigenvalue weighted by molar-refractivity contribution is 7.89. The summed E-state index contributed by atoms with van der Waals surface area (Å²) in [5.74, 6) is 0.601. The molecule has 0 unspecified atom stereocenters. The Kier molecular flexibility index (Phi) is 6.95. The van der Waals surface area contributed by atoms with Crippen LogP contribution in [-0.2, 0) is 14.8 Å². The van der Waals surface area contributed by atoms with E-state index in [-0.39, 0.29) is 18.4 Å². The molecule has 2 fully saturated rings. The first-order valence-electron chi connectivity index (χ1n) is 11.6. The van der Waals surface area contributed by atoms with Gasteiger partial charge in [-0.25, -0.2) is 8.42 Å². The molecule has 0 aliphatic carbocycles. The second-order valence-corrected chi connectivity index (χ2v) is 10.9. The number of anilines is 1. The molecule has 4 rings (SSSR count). The third-order valence-electron chi connectivity index (χ3n) is 6.71. The number of sulfonamides is 1. The van der Waals surface area contributed by atoms with Gasteiger partial charge in [0.05, 0.1) is 23.6 Å². The molecule has 0 spiro atoms. The second kappa shape index (κ2) is 9.73. The van der Waals surface area contributed by atoms with E-state index in [4.69, 9.17) is 4.74 Å². The molecule has 8 heteroatoms. The summed E-state index contributed by atoms with van der Waals surface area (Å²) in [6, 6.07) is 13.4. The Balaban J connectivity index is 1.42. The molecule has 2 aromatic carbocycles. The van der Waals surface area contributed by atoms with Crippen molar-refractivity contribution < 1.29 is 17.9 Å². The molecule has 7 nitrogen and oxygen atoms in total. The lowest BCUT2D eigenvalue weighted by Gasteiger charge is -2.39. The molecule has 0 radical (unpaired) electrons. The van der Waals surface area contributed by atoms with Crippen LogP contribution in [-0.4, -0.2) is 69.9 Å². The van der Waals surface area contributed by atoms with E-state index in [9.17, 15) is 13.2 Å². The first kappa shape index (κ1) is 23.6. The number of para-hydroxylation sites is 2. The molecule has 1 amide bonds. The lowest BCUT2D eigenvalue weighted by atomic mass is 9.97. The highest BCUT2D eigenvalue weighted by atomic mass is 32.2. The fourth-order valence-electron chi connectivity index (χ4n) is 4.80. The third-order valence-corrected chi connectivity index (χ3v) is 8.72. The molecule has 33 heavy (non-hydrogen) atoms. The van der Waals surface area contributed by atoms with Crippen molar-refractivity contribution >= 4 is 21.6 Å². The number of methoxy groups -OCH3 is 1. The zero-order valence-electron chi connectivity index (χ0n) is 19.7. The van der Waals surface area contributed by atoms with E-state index in [1.54, 1.807) is 13.2 Å². The van der Waals surface area contributed by atoms with E-state index < -0.39 is 10.0 Å². The molecule has 178 valence electrons. The van der Waals surface area contributed by atoms with E-state index in [2.05, 4.69) is 4.90 Å². The maximum absolute atomic E-state index is 13.3. The molecule has 0 N–H and O–H groups in total. The minimum absolute atomic E-state index is 0.0653. The van der Waals surface area contributed by atoms with E-state index in [1.165, 1.54) is 4.31 Å². The average molecular weight is 472 g/mol. The van der Waals surface area contributed by atoms with Crippen LogP contribution in [0.25, 0.3) is 0 Å². The Labute approximate surface area is 197 Å². The maximum Gasteiger partial charge on any atom is 0.243 e. The number of aryl methyl sites for hydroxylation is 2. The topological polar surface area (TPSA) is 70.2 Å². The number of amides is 1. The van der Waals surface area contributed by atoms with Crippen LogP contribution in [0.5, 0.6) is 5.75 Å². The van der Waals surface area contributed by atoms with Gasteiger partial charge in [-0.2, -0.15) is 4.31 Å². The van der Waals surface area contributed by atoms with Crippen molar-refractivity contribution in [2.45, 2.75) is 31.6 Å². The Morgan fingerprint density at radius 2 is 1.73 bits per heavy atom. The van der Waals surface area contributed by atoms with Crippen LogP contribution >= 0.6 is 0 Å². The zero-order valence-corrected chi connectivity index (χ0v) is 20.5. The molecular weight excluding hydrogens is 438 g/mol. The molecular formula is C25H33N3O4S. The third kappa shape index (κ3) is 4.87. The number of nitrogens with zero attached hydrogens (tertiary/aromatic N) is 3. The minimum Gasteiger partial charge on any atom is -0.495 e. The van der Waals surface area contributed by atoms with Crippen LogP contribution in [0.1, 0.15) is 24.0 Å². The SMILES string of the molecule is COc1ccccc1N1CCN(C(=O)[C@@H]2CCCN(S(=O)(=O)c3cc(C)ccc3C)C2)CC1. The van der Waals surface area contributed by atoms with Gasteiger partial charge in [0.2, 0.25) is 15.9 Å². The van der Waals surface area contributed by atoms with Crippen molar-refractivity contribution in [1.29, 1.82) is 0 Å². The Bertz CT molecular complexity index is 1110. The summed E-state index contributed by atoms with van der Waals surface area (Å²) >= 11 is 0. The first-order chi connectivity index (χ1) is 15.8. The van der Waals surface area contributed by atoms with E-state index in [0.717, 1.165) is 42.1 Å². The van der Waals surface area contributed by atoms with Crippen LogP contribution < -0.4 is 9.64 Å². The zero-order chi connectivity index (χ0) is 23.6. The standard InChI is InChI=1S/C25H33N3O4S/c1-19-10-11-20(2)24(17-19)33(30,31)28-12-6-7-21(18-28)25(29)27-15-13-26(14-16-27)22-8-4-5-9-23(22)32-3/h4-5,8-11,17,21H,6-7,12-16,18H2,1-3H3/t21-/m1/s1. The fraction of sp³-hybridized carbons (Fsp3) is 0.480. The van der Waals surface area contributed by atoms with Gasteiger partial charge < -0.3 is 14.5 Å². The highest BCUT2D eigenvalue weighted by Gasteiger charge is 2.36. The lowest BCUT2D eigenvalue weighted by Crippen LogP contribution is -2.53. The molecule has 2 aromatic rings. The van der Waals surface area contributed by atoms with Gasteiger partial charge in [0.15, 0.2) is 0 Å². The molecule has 0 bridgehead atoms. The average Bonchev–Trinajstić information content (AvgIpc) is 2.85. The van der Waals surface area contributed by atoms with Crippen LogP contribution in [0, 0.1) is 19.8 Å². The first-order valence-corrected chi connectivity index (χ1v) is 13.0. The Morgan fingerprint density at radius 1 is 1.00 bits per heavy atom. The van der Waals surface area contributed by atoms with Gasteiger partial charge in [0.1, 0.15) is 5.75 Å². The maximum atomic E-state index is 13.3. The van der Waals surface area contributed by atoms with Crippen LogP contribution in [0.4, 0.5) is 5.69 Å². The Hall–Kier alpha value is -2.58. The largest absolute Gasteiger partial charge is 0.495 e. The predicted octanol–water partition coefficient (Wildman–Crippen LogP) is 3.06. The summed E-state index contributed by atoms with van der Waals surface area (Å²) in [5.41, 5.74) is 2.69. The number of rotatable bonds is 5. The molecule has 2 saturated heterocycles. The van der Waals surface area contributed by atoms with Crippen LogP contribution in [0.2, 0.25) is 0 Å². The summed E-state index contributed by atoms with van der Waals surface area (Å²) in [6.45, 7) is 7.12. The van der Waals surface area contributed by atoms with Crippen molar-refractivity contribution in [1.82, 2.24) is 9.21 Å². The van der Waals surface area contributed by atoms with E-state index in [1.807, 2.05) is 55.1 Å². The van der Waals surface area contributed by atoms with Crippen LogP contribution in [0.3, 0.4) is 0 Å². The summed E-state index contributed by atoms with van der Waals surface area (Å²) in [4.78, 5) is 17.8. The van der Waals surface area contributed by atoms with E-state index >= 15 is 0 Å². The van der Waals surface area contributed by atoms with Crippen molar-refractivity contribution in [2.24, 2.45) is 5.92 Å². The molecule has 0 aromatic heterocycles. The molecule has 2 heterocycles. The molecule has 1 atom stereocenters. The molecule has 0 saturated carbocycles. The minimum atomic E-state index is -3.62. The van der Waals surface area contributed by atoms with E-state index in [0.29, 0.717) is 31.0 Å². The molecule has 2 aliphatic heterocycles. The number of carbonyl (C=O) groups excluding carboxylic acids is 1. The van der Waals surface area contributed by atoms with Gasteiger partial charge in [-0.3, -0.25) is 4.79 Å². The highest BCUT2D eigenvalue weighted by Crippen LogP contribution is 2.30. The fourth-order valence-corrected chi connectivity index (χ4v) is 6.64. The number of benzene rings is 2. The number of hydrogen-bond acceptors (Lipinski definition) is 5. The monoisotopic (exact) mass is 471 g/mol. The van der Waals surface area contributed by atoms with Crippen LogP contribution in [0.15, 0.2) is 47.4 Å². The Morgan fingerprint density at radius 3 is 2.45 bits per heavy atom. The lowest BCUT2D eigenvalue weighted by molar-refractivity contribution is -0.137. The van der Waals surface area contributed by atoms with Gasteiger partial charge in [-0.15, -0.1) is 0 Å². The second-order valence-electron chi connectivity index (χ2n) is 8.96. The number of ether oxygens (including phenoxy) is 1. The number of hydrogen-bond donors (Lipinski definition) is 0. The van der Waals surface area contributed by atoms with Gasteiger partial charge in [-0.05, 0) is 56.0 Å². The summed E-state index contributed by atoms with van der Waals surface area (Å²) < 4.78 is 33.7. The summed E-state index contributed by atoms with van der Waals surface area (Å²) in [6.07, 6.45) is 1.42. The van der Waals surface area contributed by atoms with Crippen molar-refractivity contribution in [2.75, 3.05) is 51.3 Å². The number of carbonyl (C=O) groups is 1. The normalized spacial score (nSPS) is 20.0. The smallest absolute Gasteiger partial charge is 0.243 e. The van der Waals surface area contributed by atoms with Crippen molar-refractivity contribution in [3.05, 3.63) is 53.6 Å². The van der Waals surface area contributed by atoms with Gasteiger partial charge in [-0.1, -0.05) is 24.3 Å². The number of piperazine rings is 1. The summed E-state index contributed by atoms with van der Waals surface area (Å²) in [7, 11) is -1.96.